The second-order valence-electron chi connectivity index (χ2n) is 6.43. The van der Waals surface area contributed by atoms with Crippen molar-refractivity contribution in [3.63, 3.8) is 0 Å². The van der Waals surface area contributed by atoms with Crippen molar-refractivity contribution < 1.29 is 9.53 Å². The Hall–Kier alpha value is -2.51. The molecule has 3 heterocycles. The molecule has 0 saturated carbocycles. The SMILES string of the molecule is COC(=O)c1ccc2c(=O)[nH]c(CN3CCc4sccc4[C@@H]3C)nc2c1. The van der Waals surface area contributed by atoms with Gasteiger partial charge in [-0.2, -0.15) is 0 Å². The topological polar surface area (TPSA) is 75.3 Å². The summed E-state index contributed by atoms with van der Waals surface area (Å²) in [6.07, 6.45) is 1.02. The van der Waals surface area contributed by atoms with Crippen molar-refractivity contribution in [1.82, 2.24) is 14.9 Å². The number of nitrogens with zero attached hydrogens (tertiary/aromatic N) is 2. The summed E-state index contributed by atoms with van der Waals surface area (Å²) in [5, 5.41) is 2.60. The highest BCUT2D eigenvalue weighted by molar-refractivity contribution is 7.10. The lowest BCUT2D eigenvalue weighted by Gasteiger charge is -2.33. The van der Waals surface area contributed by atoms with E-state index in [9.17, 15) is 9.59 Å². The second-order valence-corrected chi connectivity index (χ2v) is 7.43. The lowest BCUT2D eigenvalue weighted by molar-refractivity contribution is 0.0601. The van der Waals surface area contributed by atoms with E-state index in [0.29, 0.717) is 28.8 Å². The monoisotopic (exact) mass is 369 g/mol. The third-order valence-electron chi connectivity index (χ3n) is 4.93. The van der Waals surface area contributed by atoms with Gasteiger partial charge in [-0.15, -0.1) is 11.3 Å². The molecule has 0 saturated heterocycles. The first-order valence-corrected chi connectivity index (χ1v) is 9.36. The van der Waals surface area contributed by atoms with Gasteiger partial charge in [0.15, 0.2) is 0 Å². The molecule has 4 rings (SSSR count). The van der Waals surface area contributed by atoms with E-state index in [1.54, 1.807) is 29.5 Å². The predicted molar refractivity (Wildman–Crippen MR) is 101 cm³/mol. The van der Waals surface area contributed by atoms with Gasteiger partial charge in [0.2, 0.25) is 0 Å². The second kappa shape index (κ2) is 6.66. The quantitative estimate of drug-likeness (QED) is 0.719. The highest BCUT2D eigenvalue weighted by atomic mass is 32.1. The number of nitrogens with one attached hydrogen (secondary N) is 1. The first-order valence-electron chi connectivity index (χ1n) is 8.48. The van der Waals surface area contributed by atoms with Crippen molar-refractivity contribution in [2.24, 2.45) is 0 Å². The van der Waals surface area contributed by atoms with Gasteiger partial charge in [0.25, 0.3) is 5.56 Å². The zero-order valence-electron chi connectivity index (χ0n) is 14.6. The number of aromatic amines is 1. The minimum atomic E-state index is -0.440. The van der Waals surface area contributed by atoms with E-state index in [2.05, 4.69) is 33.2 Å². The Morgan fingerprint density at radius 1 is 1.42 bits per heavy atom. The Morgan fingerprint density at radius 3 is 3.08 bits per heavy atom. The number of carbonyl (C=O) groups excluding carboxylic acids is 1. The molecule has 1 aliphatic rings. The van der Waals surface area contributed by atoms with Gasteiger partial charge in [0.05, 0.1) is 30.1 Å². The van der Waals surface area contributed by atoms with Gasteiger partial charge in [0.1, 0.15) is 5.82 Å². The number of methoxy groups -OCH3 is 1. The number of fused-ring (bicyclic) bond motifs is 2. The number of ether oxygens (including phenoxy) is 1. The lowest BCUT2D eigenvalue weighted by Crippen LogP contribution is -2.33. The van der Waals surface area contributed by atoms with Crippen LogP contribution >= 0.6 is 11.3 Å². The van der Waals surface area contributed by atoms with Gasteiger partial charge in [-0.1, -0.05) is 0 Å². The summed E-state index contributed by atoms with van der Waals surface area (Å²) in [4.78, 5) is 35.3. The Balaban J connectivity index is 1.66. The largest absolute Gasteiger partial charge is 0.465 e. The molecule has 0 unspecified atom stereocenters. The summed E-state index contributed by atoms with van der Waals surface area (Å²) in [5.74, 6) is 0.167. The maximum Gasteiger partial charge on any atom is 0.337 e. The Labute approximate surface area is 154 Å². The standard InChI is InChI=1S/C19H19N3O3S/c1-11-13-6-8-26-16(13)5-7-22(11)10-17-20-15-9-12(19(24)25-2)3-4-14(15)18(23)21-17/h3-4,6,8-9,11H,5,7,10H2,1-2H3,(H,20,21,23)/t11-/m0/s1. The van der Waals surface area contributed by atoms with Crippen LogP contribution in [0.15, 0.2) is 34.4 Å². The van der Waals surface area contributed by atoms with Crippen molar-refractivity contribution in [1.29, 1.82) is 0 Å². The summed E-state index contributed by atoms with van der Waals surface area (Å²) in [6.45, 7) is 3.67. The number of carbonyl (C=O) groups is 1. The van der Waals surface area contributed by atoms with Crippen LogP contribution in [0.4, 0.5) is 0 Å². The number of benzene rings is 1. The number of thiophene rings is 1. The first kappa shape index (κ1) is 16.9. The van der Waals surface area contributed by atoms with Crippen LogP contribution in [0.3, 0.4) is 0 Å². The summed E-state index contributed by atoms with van der Waals surface area (Å²) in [6, 6.07) is 7.26. The van der Waals surface area contributed by atoms with Crippen molar-refractivity contribution >= 4 is 28.2 Å². The normalized spacial score (nSPS) is 17.2. The van der Waals surface area contributed by atoms with E-state index >= 15 is 0 Å². The zero-order chi connectivity index (χ0) is 18.3. The number of esters is 1. The first-order chi connectivity index (χ1) is 12.6. The molecule has 0 fully saturated rings. The molecule has 1 atom stereocenters. The van der Waals surface area contributed by atoms with Crippen LogP contribution in [0.25, 0.3) is 10.9 Å². The average Bonchev–Trinajstić information content (AvgIpc) is 3.12. The number of aromatic nitrogens is 2. The van der Waals surface area contributed by atoms with E-state index in [1.807, 2.05) is 0 Å². The molecule has 1 aromatic carbocycles. The molecule has 0 radical (unpaired) electrons. The maximum atomic E-state index is 12.4. The zero-order valence-corrected chi connectivity index (χ0v) is 15.4. The van der Waals surface area contributed by atoms with Crippen molar-refractivity contribution in [2.45, 2.75) is 25.9 Å². The Bertz CT molecular complexity index is 1040. The Kier molecular flexibility index (Phi) is 4.34. The fourth-order valence-electron chi connectivity index (χ4n) is 3.48. The molecule has 0 amide bonds. The summed E-state index contributed by atoms with van der Waals surface area (Å²) in [5.41, 5.74) is 2.06. The molecule has 1 N–H and O–H groups in total. The summed E-state index contributed by atoms with van der Waals surface area (Å²) in [7, 11) is 1.33. The van der Waals surface area contributed by atoms with Crippen LogP contribution < -0.4 is 5.56 Å². The molecule has 0 spiro atoms. The Morgan fingerprint density at radius 2 is 2.27 bits per heavy atom. The van der Waals surface area contributed by atoms with Crippen LogP contribution in [-0.2, 0) is 17.7 Å². The van der Waals surface area contributed by atoms with Crippen LogP contribution in [-0.4, -0.2) is 34.5 Å². The van der Waals surface area contributed by atoms with Gasteiger partial charge in [-0.05, 0) is 48.6 Å². The van der Waals surface area contributed by atoms with Crippen molar-refractivity contribution in [3.8, 4) is 0 Å². The maximum absolute atomic E-state index is 12.4. The van der Waals surface area contributed by atoms with Gasteiger partial charge < -0.3 is 9.72 Å². The highest BCUT2D eigenvalue weighted by Gasteiger charge is 2.25. The van der Waals surface area contributed by atoms with Crippen LogP contribution in [0.1, 0.15) is 39.6 Å². The van der Waals surface area contributed by atoms with Crippen molar-refractivity contribution in [3.05, 3.63) is 61.8 Å². The molecular weight excluding hydrogens is 350 g/mol. The molecule has 0 aliphatic carbocycles. The number of H-pyrrole nitrogens is 1. The number of hydrogen-bond donors (Lipinski definition) is 1. The van der Waals surface area contributed by atoms with E-state index in [4.69, 9.17) is 4.74 Å². The fourth-order valence-corrected chi connectivity index (χ4v) is 4.44. The van der Waals surface area contributed by atoms with Crippen molar-refractivity contribution in [2.75, 3.05) is 13.7 Å². The van der Waals surface area contributed by atoms with Gasteiger partial charge in [-0.25, -0.2) is 9.78 Å². The van der Waals surface area contributed by atoms with Crippen LogP contribution in [0, 0.1) is 0 Å². The van der Waals surface area contributed by atoms with E-state index in [1.165, 1.54) is 17.6 Å². The molecule has 26 heavy (non-hydrogen) atoms. The van der Waals surface area contributed by atoms with Crippen LogP contribution in [0.2, 0.25) is 0 Å². The molecule has 0 bridgehead atoms. The predicted octanol–water partition coefficient (Wildman–Crippen LogP) is 2.89. The lowest BCUT2D eigenvalue weighted by atomic mass is 10.0. The van der Waals surface area contributed by atoms with E-state index < -0.39 is 5.97 Å². The molecule has 1 aliphatic heterocycles. The summed E-state index contributed by atoms with van der Waals surface area (Å²) >= 11 is 1.80. The molecule has 7 heteroatoms. The smallest absolute Gasteiger partial charge is 0.337 e. The summed E-state index contributed by atoms with van der Waals surface area (Å²) < 4.78 is 4.75. The molecular formula is C19H19N3O3S. The average molecular weight is 369 g/mol. The minimum absolute atomic E-state index is 0.192. The molecule has 3 aromatic rings. The van der Waals surface area contributed by atoms with E-state index in [0.717, 1.165) is 13.0 Å². The fraction of sp³-hybridized carbons (Fsp3) is 0.316. The van der Waals surface area contributed by atoms with E-state index in [-0.39, 0.29) is 11.6 Å². The van der Waals surface area contributed by atoms with Gasteiger partial charge in [-0.3, -0.25) is 9.69 Å². The molecule has 134 valence electrons. The van der Waals surface area contributed by atoms with Gasteiger partial charge >= 0.3 is 5.97 Å². The number of hydrogen-bond acceptors (Lipinski definition) is 6. The molecule has 2 aromatic heterocycles. The highest BCUT2D eigenvalue weighted by Crippen LogP contribution is 2.33. The van der Waals surface area contributed by atoms with Gasteiger partial charge in [0, 0.05) is 17.5 Å². The number of rotatable bonds is 3. The third kappa shape index (κ3) is 2.93. The molecule has 6 nitrogen and oxygen atoms in total. The third-order valence-corrected chi connectivity index (χ3v) is 5.93. The minimum Gasteiger partial charge on any atom is -0.465 e. The van der Waals surface area contributed by atoms with Crippen LogP contribution in [0.5, 0.6) is 0 Å².